The number of phenols is 2. The third-order valence-electron chi connectivity index (χ3n) is 7.96. The van der Waals surface area contributed by atoms with E-state index in [1.165, 1.54) is 63.1 Å². The molecule has 2 saturated heterocycles. The molecule has 0 amide bonds. The highest BCUT2D eigenvalue weighted by Gasteiger charge is 2.13. The number of aliphatic imine (C=N–C) groups is 2. The summed E-state index contributed by atoms with van der Waals surface area (Å²) in [5.74, 6) is -1.20. The van der Waals surface area contributed by atoms with E-state index in [1.54, 1.807) is 24.3 Å². The molecule has 0 atom stereocenters. The molecule has 2 aliphatic rings. The first-order valence-corrected chi connectivity index (χ1v) is 15.4. The minimum Gasteiger partial charge on any atom is -0.507 e. The van der Waals surface area contributed by atoms with Crippen LogP contribution in [0.25, 0.3) is 0 Å². The van der Waals surface area contributed by atoms with Crippen LogP contribution in [0.2, 0.25) is 0 Å². The Morgan fingerprint density at radius 1 is 0.614 bits per heavy atom. The fourth-order valence-electron chi connectivity index (χ4n) is 5.41. The van der Waals surface area contributed by atoms with Crippen molar-refractivity contribution in [3.8, 4) is 23.0 Å². The van der Waals surface area contributed by atoms with Gasteiger partial charge in [0.05, 0.1) is 11.4 Å². The monoisotopic (exact) mass is 606 g/mol. The number of nitrogens with zero attached hydrogens (tertiary/aromatic N) is 4. The first-order valence-electron chi connectivity index (χ1n) is 15.4. The number of aromatic hydroxyl groups is 2. The van der Waals surface area contributed by atoms with E-state index in [2.05, 4.69) is 19.8 Å². The molecule has 234 valence electrons. The molecule has 8 nitrogen and oxygen atoms in total. The van der Waals surface area contributed by atoms with Crippen LogP contribution in [-0.4, -0.2) is 84.9 Å². The van der Waals surface area contributed by atoms with Gasteiger partial charge in [0, 0.05) is 60.9 Å². The molecule has 3 aromatic carbocycles. The molecule has 10 heteroatoms. The summed E-state index contributed by atoms with van der Waals surface area (Å²) >= 11 is 0. The average molecular weight is 607 g/mol. The molecule has 0 bridgehead atoms. The predicted octanol–water partition coefficient (Wildman–Crippen LogP) is 6.61. The number of benzene rings is 3. The Kier molecular flexibility index (Phi) is 11.2. The van der Waals surface area contributed by atoms with Crippen molar-refractivity contribution >= 4 is 23.8 Å². The van der Waals surface area contributed by atoms with Crippen LogP contribution in [0.3, 0.4) is 0 Å². The number of halogens is 2. The van der Waals surface area contributed by atoms with Crippen molar-refractivity contribution in [3.63, 3.8) is 0 Å². The fraction of sp³-hybridized carbons (Fsp3) is 0.412. The van der Waals surface area contributed by atoms with Crippen LogP contribution in [0.4, 0.5) is 20.2 Å². The molecule has 0 unspecified atom stereocenters. The van der Waals surface area contributed by atoms with E-state index in [-0.39, 0.29) is 22.9 Å². The molecule has 0 aliphatic carbocycles. The Balaban J connectivity index is 1.21. The van der Waals surface area contributed by atoms with Gasteiger partial charge in [0.25, 0.3) is 0 Å². The average Bonchev–Trinajstić information content (AvgIpc) is 3.03. The van der Waals surface area contributed by atoms with Crippen LogP contribution in [0.1, 0.15) is 49.7 Å². The first-order chi connectivity index (χ1) is 21.4. The molecule has 0 spiro atoms. The van der Waals surface area contributed by atoms with Gasteiger partial charge in [-0.05, 0) is 76.1 Å². The Bertz CT molecular complexity index is 1340. The number of phenolic OH excluding ortho intramolecular Hbond substituents is 2. The van der Waals surface area contributed by atoms with Gasteiger partial charge in [-0.3, -0.25) is 19.8 Å². The lowest BCUT2D eigenvalue weighted by molar-refractivity contribution is 0.183. The molecule has 3 aromatic rings. The first kappa shape index (κ1) is 31.4. The summed E-state index contributed by atoms with van der Waals surface area (Å²) in [6, 6.07) is 11.6. The third kappa shape index (κ3) is 9.00. The summed E-state index contributed by atoms with van der Waals surface area (Å²) in [7, 11) is 0. The van der Waals surface area contributed by atoms with Gasteiger partial charge >= 0.3 is 0 Å². The highest BCUT2D eigenvalue weighted by molar-refractivity contribution is 5.89. The fourth-order valence-corrected chi connectivity index (χ4v) is 5.41. The van der Waals surface area contributed by atoms with E-state index >= 15 is 0 Å². The third-order valence-corrected chi connectivity index (χ3v) is 7.96. The second-order valence-corrected chi connectivity index (χ2v) is 11.2. The topological polar surface area (TPSA) is 90.1 Å². The van der Waals surface area contributed by atoms with Crippen LogP contribution in [0, 0.1) is 11.6 Å². The molecular formula is C34H40F2N4O4. The van der Waals surface area contributed by atoms with Crippen LogP contribution < -0.4 is 9.47 Å². The van der Waals surface area contributed by atoms with E-state index < -0.39 is 11.6 Å². The van der Waals surface area contributed by atoms with E-state index in [1.807, 2.05) is 0 Å². The number of rotatable bonds is 12. The van der Waals surface area contributed by atoms with Crippen molar-refractivity contribution in [1.29, 1.82) is 0 Å². The maximum Gasteiger partial charge on any atom is 0.161 e. The van der Waals surface area contributed by atoms with Gasteiger partial charge in [-0.1, -0.05) is 12.8 Å². The lowest BCUT2D eigenvalue weighted by Crippen LogP contribution is -2.33. The zero-order chi connectivity index (χ0) is 30.7. The van der Waals surface area contributed by atoms with Crippen LogP contribution in [0.5, 0.6) is 23.0 Å². The normalized spacial score (nSPS) is 16.6. The Morgan fingerprint density at radius 2 is 1.02 bits per heavy atom. The maximum atomic E-state index is 14.1. The van der Waals surface area contributed by atoms with Gasteiger partial charge in [0.15, 0.2) is 11.6 Å². The van der Waals surface area contributed by atoms with Crippen LogP contribution in [-0.2, 0) is 0 Å². The summed E-state index contributed by atoms with van der Waals surface area (Å²) in [6.07, 6.45) is 10.1. The van der Waals surface area contributed by atoms with Gasteiger partial charge in [0.2, 0.25) is 0 Å². The number of ether oxygens (including phenoxy) is 2. The highest BCUT2D eigenvalue weighted by Crippen LogP contribution is 2.32. The van der Waals surface area contributed by atoms with Gasteiger partial charge in [-0.2, -0.15) is 0 Å². The summed E-state index contributed by atoms with van der Waals surface area (Å²) < 4.78 is 39.9. The molecular weight excluding hydrogens is 566 g/mol. The predicted molar refractivity (Wildman–Crippen MR) is 169 cm³/mol. The summed E-state index contributed by atoms with van der Waals surface area (Å²) in [5.41, 5.74) is 0.861. The quantitative estimate of drug-likeness (QED) is 0.226. The summed E-state index contributed by atoms with van der Waals surface area (Å²) in [4.78, 5) is 13.3. The minimum absolute atomic E-state index is 0.0542. The van der Waals surface area contributed by atoms with Crippen molar-refractivity contribution in [2.75, 3.05) is 52.5 Å². The largest absolute Gasteiger partial charge is 0.507 e. The zero-order valence-corrected chi connectivity index (χ0v) is 24.9. The van der Waals surface area contributed by atoms with Crippen LogP contribution in [0.15, 0.2) is 58.5 Å². The lowest BCUT2D eigenvalue weighted by Gasteiger charge is -2.26. The van der Waals surface area contributed by atoms with Crippen molar-refractivity contribution in [3.05, 3.63) is 71.3 Å². The van der Waals surface area contributed by atoms with Crippen molar-refractivity contribution in [2.45, 2.75) is 38.5 Å². The molecule has 2 aliphatic heterocycles. The van der Waals surface area contributed by atoms with E-state index in [9.17, 15) is 19.0 Å². The number of piperidine rings is 2. The molecule has 2 N–H and O–H groups in total. The summed E-state index contributed by atoms with van der Waals surface area (Å²) in [5, 5.41) is 21.0. The number of hydrogen-bond acceptors (Lipinski definition) is 8. The number of likely N-dealkylation sites (tertiary alicyclic amines) is 2. The molecule has 2 fully saturated rings. The van der Waals surface area contributed by atoms with Crippen LogP contribution >= 0.6 is 0 Å². The molecule has 5 rings (SSSR count). The Morgan fingerprint density at radius 3 is 1.41 bits per heavy atom. The standard InChI is InChI=1S/C34H40F2N4O4/c35-29-21-31(37-23-25-7-9-27(19-33(25)41)43-17-15-39-11-3-1-4-12-39)32(22-30(29)36)38-24-26-8-10-28(20-34(26)42)44-18-16-40-13-5-2-6-14-40/h7-10,19-24,41-42H,1-6,11-18H2. The van der Waals surface area contributed by atoms with Gasteiger partial charge in [-0.15, -0.1) is 0 Å². The van der Waals surface area contributed by atoms with Crippen molar-refractivity contribution in [2.24, 2.45) is 9.98 Å². The molecule has 0 aromatic heterocycles. The Hall–Kier alpha value is -4.02. The SMILES string of the molecule is Oc1cc(OCCN2CCCCC2)ccc1C=Nc1cc(F)c(F)cc1N=Cc1ccc(OCCN2CCCCC2)cc1O. The van der Waals surface area contributed by atoms with Gasteiger partial charge < -0.3 is 19.7 Å². The number of hydrogen-bond donors (Lipinski definition) is 2. The molecule has 0 radical (unpaired) electrons. The highest BCUT2D eigenvalue weighted by atomic mass is 19.2. The minimum atomic E-state index is -1.08. The Labute approximate surface area is 257 Å². The summed E-state index contributed by atoms with van der Waals surface area (Å²) in [6.45, 7) is 7.04. The zero-order valence-electron chi connectivity index (χ0n) is 24.9. The van der Waals surface area contributed by atoms with Crippen molar-refractivity contribution in [1.82, 2.24) is 9.80 Å². The van der Waals surface area contributed by atoms with Gasteiger partial charge in [-0.25, -0.2) is 8.78 Å². The molecule has 0 saturated carbocycles. The lowest BCUT2D eigenvalue weighted by atomic mass is 10.1. The maximum absolute atomic E-state index is 14.1. The second kappa shape index (κ2) is 15.6. The molecule has 2 heterocycles. The molecule has 44 heavy (non-hydrogen) atoms. The van der Waals surface area contributed by atoms with Crippen molar-refractivity contribution < 1.29 is 28.5 Å². The van der Waals surface area contributed by atoms with Gasteiger partial charge in [0.1, 0.15) is 36.2 Å². The van der Waals surface area contributed by atoms with E-state index in [4.69, 9.17) is 9.47 Å². The smallest absolute Gasteiger partial charge is 0.161 e. The van der Waals surface area contributed by atoms with E-state index in [0.29, 0.717) is 35.8 Å². The van der Waals surface area contributed by atoms with E-state index in [0.717, 1.165) is 51.4 Å². The second-order valence-electron chi connectivity index (χ2n) is 11.2.